The van der Waals surface area contributed by atoms with Gasteiger partial charge in [-0.15, -0.1) is 18.2 Å². The summed E-state index contributed by atoms with van der Waals surface area (Å²) in [6, 6.07) is 8.17. The molecule has 0 fully saturated rings. The van der Waals surface area contributed by atoms with Gasteiger partial charge in [0.15, 0.2) is 0 Å². The zero-order chi connectivity index (χ0) is 9.68. The fraction of sp³-hybridized carbons (Fsp3) is 0.273. The van der Waals surface area contributed by atoms with Gasteiger partial charge in [-0.3, -0.25) is 0 Å². The van der Waals surface area contributed by atoms with Crippen LogP contribution >= 0.6 is 11.8 Å². The first-order valence-corrected chi connectivity index (χ1v) is 5.12. The van der Waals surface area contributed by atoms with Crippen molar-refractivity contribution in [3.8, 4) is 12.3 Å². The predicted octanol–water partition coefficient (Wildman–Crippen LogP) is 2.05. The average Bonchev–Trinajstić information content (AvgIpc) is 2.14. The second kappa shape index (κ2) is 4.96. The molecule has 1 atom stereocenters. The maximum atomic E-state index is 5.60. The number of hydrogen-bond acceptors (Lipinski definition) is 2. The van der Waals surface area contributed by atoms with Crippen molar-refractivity contribution in [1.82, 2.24) is 0 Å². The van der Waals surface area contributed by atoms with E-state index in [1.165, 1.54) is 10.5 Å². The molecule has 0 aromatic heterocycles. The van der Waals surface area contributed by atoms with Gasteiger partial charge in [0.25, 0.3) is 0 Å². The van der Waals surface area contributed by atoms with Crippen LogP contribution in [0.15, 0.2) is 29.2 Å². The van der Waals surface area contributed by atoms with Gasteiger partial charge in [0.05, 0.1) is 6.04 Å². The maximum absolute atomic E-state index is 5.60. The highest BCUT2D eigenvalue weighted by Gasteiger charge is 1.98. The molecule has 0 radical (unpaired) electrons. The van der Waals surface area contributed by atoms with E-state index in [2.05, 4.69) is 31.0 Å². The van der Waals surface area contributed by atoms with Crippen LogP contribution in [0.3, 0.4) is 0 Å². The molecule has 0 aliphatic heterocycles. The number of terminal acetylenes is 1. The highest BCUT2D eigenvalue weighted by molar-refractivity contribution is 7.99. The number of benzene rings is 1. The normalized spacial score (nSPS) is 12.1. The molecule has 0 heterocycles. The van der Waals surface area contributed by atoms with E-state index in [1.54, 1.807) is 11.8 Å². The molecule has 1 nitrogen and oxygen atoms in total. The summed E-state index contributed by atoms with van der Waals surface area (Å²) < 4.78 is 0. The zero-order valence-corrected chi connectivity index (χ0v) is 8.47. The molecular formula is C11H13NS. The van der Waals surface area contributed by atoms with Gasteiger partial charge in [0, 0.05) is 10.6 Å². The van der Waals surface area contributed by atoms with Crippen molar-refractivity contribution in [3.05, 3.63) is 29.8 Å². The van der Waals surface area contributed by atoms with Crippen molar-refractivity contribution in [3.63, 3.8) is 0 Å². The lowest BCUT2D eigenvalue weighted by Gasteiger charge is -2.04. The van der Waals surface area contributed by atoms with Crippen LogP contribution < -0.4 is 5.73 Å². The lowest BCUT2D eigenvalue weighted by atomic mass is 10.2. The quantitative estimate of drug-likeness (QED) is 0.584. The number of aryl methyl sites for hydroxylation is 1. The molecule has 0 aliphatic rings. The summed E-state index contributed by atoms with van der Waals surface area (Å²) in [5.74, 6) is 3.28. The first-order chi connectivity index (χ1) is 6.22. The summed E-state index contributed by atoms with van der Waals surface area (Å²) in [5.41, 5.74) is 6.87. The number of hydrogen-bond donors (Lipinski definition) is 1. The van der Waals surface area contributed by atoms with Crippen molar-refractivity contribution in [2.75, 3.05) is 5.75 Å². The Kier molecular flexibility index (Phi) is 3.88. The van der Waals surface area contributed by atoms with Crippen LogP contribution in [-0.4, -0.2) is 11.8 Å². The highest BCUT2D eigenvalue weighted by atomic mass is 32.2. The second-order valence-corrected chi connectivity index (χ2v) is 3.99. The van der Waals surface area contributed by atoms with Gasteiger partial charge in [-0.1, -0.05) is 23.6 Å². The minimum Gasteiger partial charge on any atom is -0.317 e. The van der Waals surface area contributed by atoms with Crippen LogP contribution in [0.2, 0.25) is 0 Å². The molecule has 0 amide bonds. The third kappa shape index (κ3) is 3.54. The molecule has 0 spiro atoms. The van der Waals surface area contributed by atoms with E-state index in [0.717, 1.165) is 5.75 Å². The first kappa shape index (κ1) is 10.2. The number of thioether (sulfide) groups is 1. The third-order valence-electron chi connectivity index (χ3n) is 1.63. The van der Waals surface area contributed by atoms with Gasteiger partial charge in [-0.2, -0.15) is 0 Å². The Morgan fingerprint density at radius 3 is 3.00 bits per heavy atom. The largest absolute Gasteiger partial charge is 0.317 e. The molecule has 1 aromatic carbocycles. The summed E-state index contributed by atoms with van der Waals surface area (Å²) in [6.45, 7) is 2.07. The molecule has 1 aromatic rings. The van der Waals surface area contributed by atoms with Gasteiger partial charge in [-0.05, 0) is 19.1 Å². The third-order valence-corrected chi connectivity index (χ3v) is 2.75. The van der Waals surface area contributed by atoms with Gasteiger partial charge >= 0.3 is 0 Å². The minimum absolute atomic E-state index is 0.148. The Balaban J connectivity index is 2.51. The summed E-state index contributed by atoms with van der Waals surface area (Å²) in [7, 11) is 0. The van der Waals surface area contributed by atoms with Crippen molar-refractivity contribution in [2.24, 2.45) is 5.73 Å². The van der Waals surface area contributed by atoms with Crippen LogP contribution in [0.25, 0.3) is 0 Å². The van der Waals surface area contributed by atoms with Crippen LogP contribution in [0.4, 0.5) is 0 Å². The predicted molar refractivity (Wildman–Crippen MR) is 58.7 cm³/mol. The summed E-state index contributed by atoms with van der Waals surface area (Å²) in [4.78, 5) is 1.23. The smallest absolute Gasteiger partial charge is 0.0757 e. The van der Waals surface area contributed by atoms with Crippen molar-refractivity contribution >= 4 is 11.8 Å². The minimum atomic E-state index is -0.148. The summed E-state index contributed by atoms with van der Waals surface area (Å²) >= 11 is 1.70. The molecule has 0 saturated carbocycles. The van der Waals surface area contributed by atoms with E-state index >= 15 is 0 Å². The Morgan fingerprint density at radius 2 is 2.38 bits per heavy atom. The van der Waals surface area contributed by atoms with Crippen molar-refractivity contribution < 1.29 is 0 Å². The van der Waals surface area contributed by atoms with E-state index in [0.29, 0.717) is 0 Å². The van der Waals surface area contributed by atoms with E-state index in [9.17, 15) is 0 Å². The molecule has 1 rings (SSSR count). The summed E-state index contributed by atoms with van der Waals surface area (Å²) in [5, 5.41) is 0. The van der Waals surface area contributed by atoms with Crippen LogP contribution in [-0.2, 0) is 0 Å². The molecular weight excluding hydrogens is 178 g/mol. The van der Waals surface area contributed by atoms with Crippen LogP contribution in [0.1, 0.15) is 5.56 Å². The number of nitrogens with two attached hydrogens (primary N) is 1. The molecule has 1 unspecified atom stereocenters. The van der Waals surface area contributed by atoms with E-state index in [-0.39, 0.29) is 6.04 Å². The average molecular weight is 191 g/mol. The van der Waals surface area contributed by atoms with E-state index < -0.39 is 0 Å². The molecule has 0 bridgehead atoms. The Bertz CT molecular complexity index is 314. The molecule has 0 saturated heterocycles. The molecule has 2 heteroatoms. The Labute approximate surface area is 83.7 Å². The van der Waals surface area contributed by atoms with Gasteiger partial charge in [0.1, 0.15) is 0 Å². The van der Waals surface area contributed by atoms with Crippen LogP contribution in [0.5, 0.6) is 0 Å². The zero-order valence-electron chi connectivity index (χ0n) is 7.66. The van der Waals surface area contributed by atoms with Crippen LogP contribution in [0, 0.1) is 19.3 Å². The van der Waals surface area contributed by atoms with Gasteiger partial charge in [0.2, 0.25) is 0 Å². The lowest BCUT2D eigenvalue weighted by Crippen LogP contribution is -2.19. The monoisotopic (exact) mass is 191 g/mol. The van der Waals surface area contributed by atoms with E-state index in [1.807, 2.05) is 6.07 Å². The van der Waals surface area contributed by atoms with Gasteiger partial charge in [-0.25, -0.2) is 0 Å². The Morgan fingerprint density at radius 1 is 1.62 bits per heavy atom. The maximum Gasteiger partial charge on any atom is 0.0757 e. The molecule has 68 valence electrons. The number of rotatable bonds is 3. The first-order valence-electron chi connectivity index (χ1n) is 4.13. The topological polar surface area (TPSA) is 26.0 Å². The lowest BCUT2D eigenvalue weighted by molar-refractivity contribution is 0.974. The second-order valence-electron chi connectivity index (χ2n) is 2.90. The van der Waals surface area contributed by atoms with Crippen molar-refractivity contribution in [1.29, 1.82) is 0 Å². The fourth-order valence-electron chi connectivity index (χ4n) is 0.939. The fourth-order valence-corrected chi connectivity index (χ4v) is 1.85. The SMILES string of the molecule is C#CC(N)CSc1cccc(C)c1. The van der Waals surface area contributed by atoms with E-state index in [4.69, 9.17) is 12.2 Å². The summed E-state index contributed by atoms with van der Waals surface area (Å²) in [6.07, 6.45) is 5.18. The molecule has 13 heavy (non-hydrogen) atoms. The standard InChI is InChI=1S/C11H13NS/c1-3-10(12)8-13-11-6-4-5-9(2)7-11/h1,4-7,10H,8,12H2,2H3. The van der Waals surface area contributed by atoms with Gasteiger partial charge < -0.3 is 5.73 Å². The highest BCUT2D eigenvalue weighted by Crippen LogP contribution is 2.18. The molecule has 0 aliphatic carbocycles. The Hall–Kier alpha value is -0.910. The van der Waals surface area contributed by atoms with Crippen molar-refractivity contribution in [2.45, 2.75) is 17.9 Å². The molecule has 2 N–H and O–H groups in total.